The minimum atomic E-state index is -0.0762. The van der Waals surface area contributed by atoms with Crippen LogP contribution in [0.5, 0.6) is 5.75 Å². The molecule has 0 spiro atoms. The summed E-state index contributed by atoms with van der Waals surface area (Å²) in [5.41, 5.74) is 3.20. The predicted octanol–water partition coefficient (Wildman–Crippen LogP) is 4.17. The van der Waals surface area contributed by atoms with E-state index in [2.05, 4.69) is 48.1 Å². The molecule has 0 fully saturated rings. The molecule has 3 aromatic rings. The van der Waals surface area contributed by atoms with E-state index >= 15 is 0 Å². The second-order valence-electron chi connectivity index (χ2n) is 7.05. The molecule has 0 aliphatic heterocycles. The number of rotatable bonds is 9. The normalized spacial score (nSPS) is 11.0. The molecule has 152 valence electrons. The lowest BCUT2D eigenvalue weighted by atomic mass is 10.1. The molecule has 3 rings (SSSR count). The Morgan fingerprint density at radius 1 is 1.10 bits per heavy atom. The zero-order valence-corrected chi connectivity index (χ0v) is 17.6. The molecule has 0 aliphatic rings. The van der Waals surface area contributed by atoms with Gasteiger partial charge in [0.15, 0.2) is 0 Å². The number of ether oxygens (including phenoxy) is 1. The summed E-state index contributed by atoms with van der Waals surface area (Å²) in [4.78, 5) is 18.8. The van der Waals surface area contributed by atoms with E-state index in [1.54, 1.807) is 35.2 Å². The van der Waals surface area contributed by atoms with E-state index in [-0.39, 0.29) is 5.56 Å². The Labute approximate surface area is 176 Å². The maximum Gasteiger partial charge on any atom is 0.254 e. The van der Waals surface area contributed by atoms with Crippen molar-refractivity contribution in [3.8, 4) is 5.75 Å². The smallest absolute Gasteiger partial charge is 0.254 e. The summed E-state index contributed by atoms with van der Waals surface area (Å²) in [6.07, 6.45) is 4.16. The van der Waals surface area contributed by atoms with Crippen molar-refractivity contribution in [2.75, 3.05) is 13.6 Å². The first-order valence-corrected chi connectivity index (χ1v) is 10.1. The molecule has 0 aliphatic carbocycles. The van der Waals surface area contributed by atoms with Crippen molar-refractivity contribution in [1.29, 1.82) is 0 Å². The summed E-state index contributed by atoms with van der Waals surface area (Å²) < 4.78 is 7.36. The van der Waals surface area contributed by atoms with Crippen molar-refractivity contribution in [1.82, 2.24) is 14.5 Å². The van der Waals surface area contributed by atoms with Crippen LogP contribution in [0.2, 0.25) is 5.02 Å². The molecular formula is C23H26ClN3O2. The predicted molar refractivity (Wildman–Crippen MR) is 116 cm³/mol. The largest absolute Gasteiger partial charge is 0.487 e. The monoisotopic (exact) mass is 411 g/mol. The third-order valence-corrected chi connectivity index (χ3v) is 5.02. The van der Waals surface area contributed by atoms with Crippen molar-refractivity contribution in [3.63, 3.8) is 0 Å². The molecule has 2 heterocycles. The topological polar surface area (TPSA) is 47.4 Å². The number of nitrogens with zero attached hydrogens (tertiary/aromatic N) is 3. The summed E-state index contributed by atoms with van der Waals surface area (Å²) >= 11 is 5.83. The van der Waals surface area contributed by atoms with E-state index in [4.69, 9.17) is 16.3 Å². The van der Waals surface area contributed by atoms with Crippen LogP contribution >= 0.6 is 11.6 Å². The second-order valence-corrected chi connectivity index (χ2v) is 7.48. The van der Waals surface area contributed by atoms with Crippen molar-refractivity contribution < 1.29 is 4.74 Å². The molecule has 0 amide bonds. The summed E-state index contributed by atoms with van der Waals surface area (Å²) in [5, 5.41) is 0.583. The molecule has 1 aromatic carbocycles. The SMILES string of the molecule is CCN(C)Cc1ccc(CCn2ccc(OCc3ccc(Cl)cn3)cc2=O)cc1. The van der Waals surface area contributed by atoms with Gasteiger partial charge in [-0.1, -0.05) is 42.8 Å². The number of hydrogen-bond acceptors (Lipinski definition) is 4. The van der Waals surface area contributed by atoms with Gasteiger partial charge in [0.25, 0.3) is 5.56 Å². The first-order chi connectivity index (χ1) is 14.0. The fraction of sp³-hybridized carbons (Fsp3) is 0.304. The Bertz CT molecular complexity index is 969. The fourth-order valence-electron chi connectivity index (χ4n) is 2.90. The highest BCUT2D eigenvalue weighted by Crippen LogP contribution is 2.12. The van der Waals surface area contributed by atoms with Gasteiger partial charge in [-0.15, -0.1) is 0 Å². The third-order valence-electron chi connectivity index (χ3n) is 4.80. The van der Waals surface area contributed by atoms with Gasteiger partial charge in [0.2, 0.25) is 0 Å². The van der Waals surface area contributed by atoms with Gasteiger partial charge >= 0.3 is 0 Å². The highest BCUT2D eigenvalue weighted by atomic mass is 35.5. The van der Waals surface area contributed by atoms with Crippen LogP contribution in [0.3, 0.4) is 0 Å². The summed E-state index contributed by atoms with van der Waals surface area (Å²) in [7, 11) is 2.11. The zero-order valence-electron chi connectivity index (χ0n) is 16.8. The lowest BCUT2D eigenvalue weighted by Crippen LogP contribution is -2.20. The second kappa shape index (κ2) is 10.2. The van der Waals surface area contributed by atoms with Gasteiger partial charge in [-0.3, -0.25) is 9.78 Å². The van der Waals surface area contributed by atoms with Crippen molar-refractivity contribution in [2.24, 2.45) is 0 Å². The molecular weight excluding hydrogens is 386 g/mol. The number of benzene rings is 1. The lowest BCUT2D eigenvalue weighted by Gasteiger charge is -2.14. The molecule has 0 N–H and O–H groups in total. The standard InChI is InChI=1S/C23H26ClN3O2/c1-3-26(2)16-19-6-4-18(5-7-19)10-12-27-13-11-22(14-23(27)28)29-17-21-9-8-20(24)15-25-21/h4-9,11,13-15H,3,10,12,16-17H2,1-2H3. The minimum Gasteiger partial charge on any atom is -0.487 e. The van der Waals surface area contributed by atoms with Crippen LogP contribution in [0.4, 0.5) is 0 Å². The molecule has 29 heavy (non-hydrogen) atoms. The van der Waals surface area contributed by atoms with Gasteiger partial charge in [-0.2, -0.15) is 0 Å². The Kier molecular flexibility index (Phi) is 7.44. The van der Waals surface area contributed by atoms with Gasteiger partial charge in [0.05, 0.1) is 10.7 Å². The van der Waals surface area contributed by atoms with Crippen molar-refractivity contribution in [2.45, 2.75) is 33.0 Å². The molecule has 5 nitrogen and oxygen atoms in total. The van der Waals surface area contributed by atoms with Gasteiger partial charge < -0.3 is 14.2 Å². The molecule has 2 aromatic heterocycles. The van der Waals surface area contributed by atoms with Crippen LogP contribution in [0.25, 0.3) is 0 Å². The Morgan fingerprint density at radius 2 is 1.86 bits per heavy atom. The van der Waals surface area contributed by atoms with Gasteiger partial charge in [0.1, 0.15) is 12.4 Å². The third kappa shape index (κ3) is 6.44. The van der Waals surface area contributed by atoms with Gasteiger partial charge in [0, 0.05) is 31.5 Å². The highest BCUT2D eigenvalue weighted by molar-refractivity contribution is 6.30. The van der Waals surface area contributed by atoms with Crippen LogP contribution in [-0.4, -0.2) is 28.0 Å². The Hall–Kier alpha value is -2.63. The van der Waals surface area contributed by atoms with E-state index < -0.39 is 0 Å². The van der Waals surface area contributed by atoms with E-state index in [0.717, 1.165) is 25.2 Å². The van der Waals surface area contributed by atoms with Crippen LogP contribution in [0.1, 0.15) is 23.7 Å². The van der Waals surface area contributed by atoms with Crippen LogP contribution in [0, 0.1) is 0 Å². The van der Waals surface area contributed by atoms with Gasteiger partial charge in [-0.25, -0.2) is 0 Å². The van der Waals surface area contributed by atoms with E-state index in [1.807, 2.05) is 0 Å². The number of halogens is 1. The molecule has 0 atom stereocenters. The summed E-state index contributed by atoms with van der Waals surface area (Å²) in [5.74, 6) is 0.535. The molecule has 0 unspecified atom stereocenters. The summed E-state index contributed by atoms with van der Waals surface area (Å²) in [6.45, 7) is 5.05. The van der Waals surface area contributed by atoms with E-state index in [9.17, 15) is 4.79 Å². The number of hydrogen-bond donors (Lipinski definition) is 0. The number of pyridine rings is 2. The average molecular weight is 412 g/mol. The molecule has 0 bridgehead atoms. The quantitative estimate of drug-likeness (QED) is 0.530. The first kappa shape index (κ1) is 21.1. The molecule has 6 heteroatoms. The molecule has 0 radical (unpaired) electrons. The first-order valence-electron chi connectivity index (χ1n) is 9.73. The van der Waals surface area contributed by atoms with Crippen molar-refractivity contribution in [3.05, 3.63) is 93.1 Å². The maximum atomic E-state index is 12.4. The van der Waals surface area contributed by atoms with Crippen molar-refractivity contribution >= 4 is 11.6 Å². The highest BCUT2D eigenvalue weighted by Gasteiger charge is 2.03. The average Bonchev–Trinajstić information content (AvgIpc) is 2.73. The molecule has 0 saturated heterocycles. The van der Waals surface area contributed by atoms with E-state index in [0.29, 0.717) is 23.9 Å². The van der Waals surface area contributed by atoms with Crippen LogP contribution in [0.15, 0.2) is 65.7 Å². The number of aryl methyl sites for hydroxylation is 2. The van der Waals surface area contributed by atoms with E-state index in [1.165, 1.54) is 17.2 Å². The fourth-order valence-corrected chi connectivity index (χ4v) is 3.01. The maximum absolute atomic E-state index is 12.4. The lowest BCUT2D eigenvalue weighted by molar-refractivity contribution is 0.300. The number of aromatic nitrogens is 2. The minimum absolute atomic E-state index is 0.0762. The van der Waals surface area contributed by atoms with Gasteiger partial charge in [-0.05, 0) is 49.3 Å². The molecule has 0 saturated carbocycles. The van der Waals surface area contributed by atoms with Crippen LogP contribution < -0.4 is 10.3 Å². The zero-order chi connectivity index (χ0) is 20.6. The van der Waals surface area contributed by atoms with Crippen LogP contribution in [-0.2, 0) is 26.1 Å². The summed E-state index contributed by atoms with van der Waals surface area (Å²) in [6, 6.07) is 15.5. The Morgan fingerprint density at radius 3 is 2.52 bits per heavy atom. The Balaban J connectivity index is 1.53.